The maximum absolute atomic E-state index is 13.1. The summed E-state index contributed by atoms with van der Waals surface area (Å²) in [6.07, 6.45) is 0.817. The lowest BCUT2D eigenvalue weighted by Crippen LogP contribution is -2.49. The molecule has 6 heteroatoms. The van der Waals surface area contributed by atoms with Crippen molar-refractivity contribution in [2.24, 2.45) is 11.8 Å². The standard InChI is InChI=1S/C22H30N2O4/c1-15(2)12-23(13-16(3)4)19(25)14-24-20(26)22(28-21(24)27)10-9-17-7-5-6-8-18(17)11-22/h5-8,15-16H,9-14H2,1-4H3. The first-order valence-corrected chi connectivity index (χ1v) is 10.1. The molecule has 28 heavy (non-hydrogen) atoms. The lowest BCUT2D eigenvalue weighted by molar-refractivity contribution is -0.142. The molecule has 152 valence electrons. The number of hydrogen-bond acceptors (Lipinski definition) is 4. The smallest absolute Gasteiger partial charge is 0.418 e. The number of ether oxygens (including phenoxy) is 1. The van der Waals surface area contributed by atoms with E-state index in [1.54, 1.807) is 4.90 Å². The fourth-order valence-corrected chi connectivity index (χ4v) is 4.10. The first-order valence-electron chi connectivity index (χ1n) is 10.1. The summed E-state index contributed by atoms with van der Waals surface area (Å²) in [5.41, 5.74) is 1.06. The zero-order valence-corrected chi connectivity index (χ0v) is 17.2. The van der Waals surface area contributed by atoms with E-state index < -0.39 is 11.7 Å². The minimum Gasteiger partial charge on any atom is -0.432 e. The normalized spacial score (nSPS) is 21.4. The average molecular weight is 386 g/mol. The van der Waals surface area contributed by atoms with Crippen LogP contribution in [0.4, 0.5) is 4.79 Å². The monoisotopic (exact) mass is 386 g/mol. The van der Waals surface area contributed by atoms with Crippen LogP contribution in [0.15, 0.2) is 24.3 Å². The summed E-state index contributed by atoms with van der Waals surface area (Å²) >= 11 is 0. The van der Waals surface area contributed by atoms with E-state index in [1.807, 2.05) is 52.0 Å². The number of nitrogens with zero attached hydrogens (tertiary/aromatic N) is 2. The van der Waals surface area contributed by atoms with Gasteiger partial charge in [0.2, 0.25) is 5.91 Å². The molecule has 3 amide bonds. The second kappa shape index (κ2) is 7.94. The molecule has 1 aromatic rings. The van der Waals surface area contributed by atoms with Gasteiger partial charge in [0, 0.05) is 25.9 Å². The molecule has 3 rings (SSSR count). The summed E-state index contributed by atoms with van der Waals surface area (Å²) in [5.74, 6) is 0.0330. The Bertz CT molecular complexity index is 764. The molecule has 1 aliphatic carbocycles. The van der Waals surface area contributed by atoms with Gasteiger partial charge >= 0.3 is 6.09 Å². The molecule has 1 unspecified atom stereocenters. The fourth-order valence-electron chi connectivity index (χ4n) is 4.10. The number of amides is 3. The molecule has 0 saturated carbocycles. The summed E-state index contributed by atoms with van der Waals surface area (Å²) in [5, 5.41) is 0. The number of carbonyl (C=O) groups is 3. The van der Waals surface area contributed by atoms with Gasteiger partial charge in [0.1, 0.15) is 6.54 Å². The lowest BCUT2D eigenvalue weighted by atomic mass is 9.80. The summed E-state index contributed by atoms with van der Waals surface area (Å²) in [6, 6.07) is 7.91. The second-order valence-corrected chi connectivity index (χ2v) is 8.79. The fraction of sp³-hybridized carbons (Fsp3) is 0.591. The predicted molar refractivity (Wildman–Crippen MR) is 106 cm³/mol. The number of carbonyl (C=O) groups excluding carboxylic acids is 3. The lowest BCUT2D eigenvalue weighted by Gasteiger charge is -2.31. The number of imide groups is 1. The molecule has 1 heterocycles. The number of hydrogen-bond donors (Lipinski definition) is 0. The van der Waals surface area contributed by atoms with Crippen molar-refractivity contribution in [2.45, 2.75) is 52.6 Å². The van der Waals surface area contributed by atoms with Crippen molar-refractivity contribution in [3.05, 3.63) is 35.4 Å². The molecule has 0 aromatic heterocycles. The van der Waals surface area contributed by atoms with E-state index in [2.05, 4.69) is 0 Å². The Kier molecular flexibility index (Phi) is 5.77. The largest absolute Gasteiger partial charge is 0.432 e. The third-order valence-corrected chi connectivity index (χ3v) is 5.35. The molecule has 2 aliphatic rings. The Hall–Kier alpha value is -2.37. The average Bonchev–Trinajstić information content (AvgIpc) is 2.84. The summed E-state index contributed by atoms with van der Waals surface area (Å²) in [4.78, 5) is 41.2. The van der Waals surface area contributed by atoms with Crippen LogP contribution in [0.1, 0.15) is 45.2 Å². The molecular weight excluding hydrogens is 356 g/mol. The molecule has 1 atom stereocenters. The molecule has 1 fully saturated rings. The predicted octanol–water partition coefficient (Wildman–Crippen LogP) is 3.03. The van der Waals surface area contributed by atoms with Crippen molar-refractivity contribution in [3.63, 3.8) is 0 Å². The van der Waals surface area contributed by atoms with Crippen LogP contribution >= 0.6 is 0 Å². The van der Waals surface area contributed by atoms with Gasteiger partial charge in [0.15, 0.2) is 5.60 Å². The van der Waals surface area contributed by atoms with Gasteiger partial charge in [-0.2, -0.15) is 0 Å². The third-order valence-electron chi connectivity index (χ3n) is 5.35. The van der Waals surface area contributed by atoms with E-state index in [9.17, 15) is 14.4 Å². The zero-order chi connectivity index (χ0) is 20.5. The van der Waals surface area contributed by atoms with Gasteiger partial charge < -0.3 is 9.64 Å². The van der Waals surface area contributed by atoms with Gasteiger partial charge in [0.05, 0.1) is 0 Å². The van der Waals surface area contributed by atoms with E-state index in [0.29, 0.717) is 44.2 Å². The quantitative estimate of drug-likeness (QED) is 0.754. The van der Waals surface area contributed by atoms with Crippen molar-refractivity contribution in [1.29, 1.82) is 0 Å². The highest BCUT2D eigenvalue weighted by molar-refractivity contribution is 6.05. The minimum absolute atomic E-state index is 0.207. The molecule has 1 spiro atoms. The van der Waals surface area contributed by atoms with Crippen LogP contribution in [0, 0.1) is 11.8 Å². The van der Waals surface area contributed by atoms with E-state index >= 15 is 0 Å². The van der Waals surface area contributed by atoms with Crippen molar-refractivity contribution < 1.29 is 19.1 Å². The van der Waals surface area contributed by atoms with E-state index in [1.165, 1.54) is 5.56 Å². The molecule has 6 nitrogen and oxygen atoms in total. The summed E-state index contributed by atoms with van der Waals surface area (Å²) < 4.78 is 5.58. The number of aryl methyl sites for hydroxylation is 1. The topological polar surface area (TPSA) is 66.9 Å². The van der Waals surface area contributed by atoms with E-state index in [-0.39, 0.29) is 18.4 Å². The summed E-state index contributed by atoms with van der Waals surface area (Å²) in [7, 11) is 0. The van der Waals surface area contributed by atoms with Crippen molar-refractivity contribution in [1.82, 2.24) is 9.80 Å². The van der Waals surface area contributed by atoms with Gasteiger partial charge in [-0.15, -0.1) is 0 Å². The Balaban J connectivity index is 1.74. The molecule has 1 aromatic carbocycles. The van der Waals surface area contributed by atoms with Gasteiger partial charge in [-0.1, -0.05) is 52.0 Å². The van der Waals surface area contributed by atoms with E-state index in [0.717, 1.165) is 10.5 Å². The highest BCUT2D eigenvalue weighted by atomic mass is 16.6. The highest BCUT2D eigenvalue weighted by Gasteiger charge is 2.55. The maximum Gasteiger partial charge on any atom is 0.418 e. The first-order chi connectivity index (χ1) is 13.2. The van der Waals surface area contributed by atoms with Crippen molar-refractivity contribution >= 4 is 17.9 Å². The molecule has 1 aliphatic heterocycles. The van der Waals surface area contributed by atoms with Crippen LogP contribution < -0.4 is 0 Å². The zero-order valence-electron chi connectivity index (χ0n) is 17.2. The SMILES string of the molecule is CC(C)CN(CC(C)C)C(=O)CN1C(=O)OC2(CCc3ccccc3C2)C1=O. The second-order valence-electron chi connectivity index (χ2n) is 8.79. The van der Waals surface area contributed by atoms with Crippen LogP contribution in [-0.2, 0) is 27.2 Å². The number of fused-ring (bicyclic) bond motifs is 1. The van der Waals surface area contributed by atoms with Crippen LogP contribution in [0.2, 0.25) is 0 Å². The number of benzene rings is 1. The molecule has 0 N–H and O–H groups in total. The van der Waals surface area contributed by atoms with Gasteiger partial charge in [-0.3, -0.25) is 9.59 Å². The molecule has 1 saturated heterocycles. The maximum atomic E-state index is 13.1. The van der Waals surface area contributed by atoms with Crippen molar-refractivity contribution in [2.75, 3.05) is 19.6 Å². The molecular formula is C22H30N2O4. The van der Waals surface area contributed by atoms with Gasteiger partial charge in [-0.25, -0.2) is 9.69 Å². The van der Waals surface area contributed by atoms with Crippen molar-refractivity contribution in [3.8, 4) is 0 Å². The Morgan fingerprint density at radius 1 is 1.11 bits per heavy atom. The Morgan fingerprint density at radius 3 is 2.32 bits per heavy atom. The summed E-state index contributed by atoms with van der Waals surface area (Å²) in [6.45, 7) is 9.14. The molecule has 0 bridgehead atoms. The Labute approximate surface area is 166 Å². The van der Waals surface area contributed by atoms with Gasteiger partial charge in [0.25, 0.3) is 5.91 Å². The first kappa shape index (κ1) is 20.4. The van der Waals surface area contributed by atoms with E-state index in [4.69, 9.17) is 4.74 Å². The number of rotatable bonds is 6. The van der Waals surface area contributed by atoms with Gasteiger partial charge in [-0.05, 0) is 29.4 Å². The minimum atomic E-state index is -1.16. The Morgan fingerprint density at radius 2 is 1.71 bits per heavy atom. The molecule has 0 radical (unpaired) electrons. The third kappa shape index (κ3) is 4.05. The highest BCUT2D eigenvalue weighted by Crippen LogP contribution is 2.37. The van der Waals surface area contributed by atoms with Crippen LogP contribution in [-0.4, -0.2) is 52.9 Å². The van der Waals surface area contributed by atoms with Crippen LogP contribution in [0.3, 0.4) is 0 Å². The van der Waals surface area contributed by atoms with Crippen LogP contribution in [0.5, 0.6) is 0 Å². The van der Waals surface area contributed by atoms with Crippen LogP contribution in [0.25, 0.3) is 0 Å².